The van der Waals surface area contributed by atoms with Gasteiger partial charge in [0.05, 0.1) is 12.8 Å². The Morgan fingerprint density at radius 2 is 1.78 bits per heavy atom. The molecular weight excluding hydrogens is 226 g/mol. The van der Waals surface area contributed by atoms with Gasteiger partial charge in [0, 0.05) is 36.3 Å². The molecule has 0 saturated carbocycles. The van der Waals surface area contributed by atoms with Crippen LogP contribution in [0.5, 0.6) is 5.75 Å². The molecule has 0 aliphatic rings. The lowest BCUT2D eigenvalue weighted by Crippen LogP contribution is -2.05. The first kappa shape index (κ1) is 12.5. The van der Waals surface area contributed by atoms with Gasteiger partial charge in [-0.15, -0.1) is 0 Å². The molecule has 0 bridgehead atoms. The minimum Gasteiger partial charge on any atom is -0.492 e. The summed E-state index contributed by atoms with van der Waals surface area (Å²) in [6, 6.07) is 4.09. The molecule has 0 atom stereocenters. The number of ether oxygens (including phenoxy) is 1. The molecule has 0 radical (unpaired) electrons. The first-order valence-electron chi connectivity index (χ1n) is 6.00. The van der Waals surface area contributed by atoms with Crippen molar-refractivity contribution in [3.8, 4) is 16.9 Å². The summed E-state index contributed by atoms with van der Waals surface area (Å²) in [5.74, 6) is 0.786. The van der Waals surface area contributed by atoms with Crippen LogP contribution in [0.3, 0.4) is 0 Å². The summed E-state index contributed by atoms with van der Waals surface area (Å²) in [7, 11) is 1.92. The second-order valence-electron chi connectivity index (χ2n) is 3.95. The van der Waals surface area contributed by atoms with Gasteiger partial charge >= 0.3 is 0 Å². The lowest BCUT2D eigenvalue weighted by molar-refractivity contribution is 0.339. The van der Waals surface area contributed by atoms with Gasteiger partial charge in [-0.05, 0) is 31.7 Å². The van der Waals surface area contributed by atoms with Crippen molar-refractivity contribution in [3.05, 3.63) is 42.5 Å². The molecule has 2 rings (SSSR count). The van der Waals surface area contributed by atoms with Gasteiger partial charge < -0.3 is 10.1 Å². The quantitative estimate of drug-likeness (QED) is 0.875. The van der Waals surface area contributed by atoms with E-state index >= 15 is 0 Å². The predicted molar refractivity (Wildman–Crippen MR) is 71.4 cm³/mol. The molecule has 2 aromatic heterocycles. The van der Waals surface area contributed by atoms with E-state index < -0.39 is 0 Å². The number of aromatic nitrogens is 2. The third-order valence-electron chi connectivity index (χ3n) is 2.53. The minimum absolute atomic E-state index is 0.642. The summed E-state index contributed by atoms with van der Waals surface area (Å²) in [6.45, 7) is 3.41. The van der Waals surface area contributed by atoms with E-state index in [4.69, 9.17) is 4.74 Å². The third-order valence-corrected chi connectivity index (χ3v) is 2.53. The molecule has 4 nitrogen and oxygen atoms in total. The Labute approximate surface area is 107 Å². The first-order chi connectivity index (χ1) is 8.83. The summed E-state index contributed by atoms with van der Waals surface area (Å²) in [5.41, 5.74) is 3.22. The molecule has 0 amide bonds. The van der Waals surface area contributed by atoms with Crippen LogP contribution < -0.4 is 10.1 Å². The van der Waals surface area contributed by atoms with E-state index in [0.717, 1.165) is 29.0 Å². The zero-order valence-corrected chi connectivity index (χ0v) is 10.7. The van der Waals surface area contributed by atoms with Crippen LogP contribution >= 0.6 is 0 Å². The molecule has 0 aliphatic heterocycles. The number of hydrogen-bond acceptors (Lipinski definition) is 4. The fraction of sp³-hybridized carbons (Fsp3) is 0.286. The molecule has 0 saturated heterocycles. The van der Waals surface area contributed by atoms with Crippen LogP contribution in [-0.2, 0) is 6.54 Å². The summed E-state index contributed by atoms with van der Waals surface area (Å²) in [6.07, 6.45) is 7.24. The first-order valence-corrected chi connectivity index (χ1v) is 6.00. The van der Waals surface area contributed by atoms with E-state index in [1.165, 1.54) is 0 Å². The van der Waals surface area contributed by atoms with Crippen LogP contribution in [0.25, 0.3) is 11.1 Å². The maximum atomic E-state index is 5.45. The van der Waals surface area contributed by atoms with Gasteiger partial charge in [-0.1, -0.05) is 0 Å². The SMILES string of the molecule is CCOc1cncc(-c2cncc(CNC)c2)c1. The summed E-state index contributed by atoms with van der Waals surface area (Å²) < 4.78 is 5.45. The second kappa shape index (κ2) is 6.12. The Bertz CT molecular complexity index is 466. The molecular formula is C14H17N3O. The smallest absolute Gasteiger partial charge is 0.138 e. The van der Waals surface area contributed by atoms with Crippen LogP contribution in [0, 0.1) is 0 Å². The van der Waals surface area contributed by atoms with E-state index in [1.54, 1.807) is 6.20 Å². The maximum absolute atomic E-state index is 5.45. The van der Waals surface area contributed by atoms with E-state index in [0.29, 0.717) is 6.61 Å². The fourth-order valence-electron chi connectivity index (χ4n) is 1.77. The average Bonchev–Trinajstić information content (AvgIpc) is 2.40. The monoisotopic (exact) mass is 243 g/mol. The Balaban J connectivity index is 2.29. The average molecular weight is 243 g/mol. The number of nitrogens with one attached hydrogen (secondary N) is 1. The van der Waals surface area contributed by atoms with Gasteiger partial charge in [0.2, 0.25) is 0 Å². The molecule has 2 heterocycles. The number of nitrogens with zero attached hydrogens (tertiary/aromatic N) is 2. The summed E-state index contributed by atoms with van der Waals surface area (Å²) in [4.78, 5) is 8.43. The largest absolute Gasteiger partial charge is 0.492 e. The van der Waals surface area contributed by atoms with Crippen LogP contribution in [-0.4, -0.2) is 23.6 Å². The van der Waals surface area contributed by atoms with Crippen molar-refractivity contribution in [2.45, 2.75) is 13.5 Å². The van der Waals surface area contributed by atoms with Gasteiger partial charge in [0.25, 0.3) is 0 Å². The fourth-order valence-corrected chi connectivity index (χ4v) is 1.77. The Morgan fingerprint density at radius 1 is 1.06 bits per heavy atom. The topological polar surface area (TPSA) is 47.0 Å². The van der Waals surface area contributed by atoms with Crippen molar-refractivity contribution in [2.75, 3.05) is 13.7 Å². The van der Waals surface area contributed by atoms with Crippen molar-refractivity contribution < 1.29 is 4.74 Å². The summed E-state index contributed by atoms with van der Waals surface area (Å²) >= 11 is 0. The molecule has 94 valence electrons. The number of rotatable bonds is 5. The lowest BCUT2D eigenvalue weighted by Gasteiger charge is -2.07. The standard InChI is InChI=1S/C14H17N3O/c1-3-18-14-5-13(9-17-10-14)12-4-11(6-15-2)7-16-8-12/h4-5,7-10,15H,3,6H2,1-2H3. The van der Waals surface area contributed by atoms with Crippen molar-refractivity contribution in [1.82, 2.24) is 15.3 Å². The highest BCUT2D eigenvalue weighted by Gasteiger charge is 2.02. The van der Waals surface area contributed by atoms with Gasteiger partial charge in [-0.3, -0.25) is 9.97 Å². The zero-order chi connectivity index (χ0) is 12.8. The highest BCUT2D eigenvalue weighted by Crippen LogP contribution is 2.22. The van der Waals surface area contributed by atoms with Crippen LogP contribution in [0.15, 0.2) is 36.9 Å². The molecule has 0 aliphatic carbocycles. The molecule has 4 heteroatoms. The van der Waals surface area contributed by atoms with Crippen molar-refractivity contribution in [3.63, 3.8) is 0 Å². The molecule has 0 spiro atoms. The maximum Gasteiger partial charge on any atom is 0.138 e. The van der Waals surface area contributed by atoms with Crippen molar-refractivity contribution >= 4 is 0 Å². The lowest BCUT2D eigenvalue weighted by atomic mass is 10.1. The molecule has 18 heavy (non-hydrogen) atoms. The molecule has 0 aromatic carbocycles. The van der Waals surface area contributed by atoms with Crippen molar-refractivity contribution in [1.29, 1.82) is 0 Å². The third kappa shape index (κ3) is 3.05. The van der Waals surface area contributed by atoms with Gasteiger partial charge in [0.15, 0.2) is 0 Å². The Morgan fingerprint density at radius 3 is 2.50 bits per heavy atom. The predicted octanol–water partition coefficient (Wildman–Crippen LogP) is 2.26. The number of pyridine rings is 2. The molecule has 0 fully saturated rings. The Hall–Kier alpha value is -1.94. The molecule has 1 N–H and O–H groups in total. The van der Waals surface area contributed by atoms with E-state index in [9.17, 15) is 0 Å². The minimum atomic E-state index is 0.642. The van der Waals surface area contributed by atoms with E-state index in [2.05, 4.69) is 21.4 Å². The normalized spacial score (nSPS) is 10.3. The second-order valence-corrected chi connectivity index (χ2v) is 3.95. The molecule has 0 unspecified atom stereocenters. The van der Waals surface area contributed by atoms with E-state index in [-0.39, 0.29) is 0 Å². The van der Waals surface area contributed by atoms with Crippen LogP contribution in [0.4, 0.5) is 0 Å². The highest BCUT2D eigenvalue weighted by molar-refractivity contribution is 5.63. The Kier molecular flexibility index (Phi) is 4.25. The highest BCUT2D eigenvalue weighted by atomic mass is 16.5. The van der Waals surface area contributed by atoms with Gasteiger partial charge in [0.1, 0.15) is 5.75 Å². The molecule has 2 aromatic rings. The number of hydrogen-bond donors (Lipinski definition) is 1. The van der Waals surface area contributed by atoms with Gasteiger partial charge in [-0.2, -0.15) is 0 Å². The van der Waals surface area contributed by atoms with E-state index in [1.807, 2.05) is 38.6 Å². The van der Waals surface area contributed by atoms with Crippen LogP contribution in [0.1, 0.15) is 12.5 Å². The van der Waals surface area contributed by atoms with Crippen LogP contribution in [0.2, 0.25) is 0 Å². The zero-order valence-electron chi connectivity index (χ0n) is 10.7. The van der Waals surface area contributed by atoms with Crippen molar-refractivity contribution in [2.24, 2.45) is 0 Å². The van der Waals surface area contributed by atoms with Gasteiger partial charge in [-0.25, -0.2) is 0 Å². The summed E-state index contributed by atoms with van der Waals surface area (Å²) in [5, 5.41) is 3.11.